The van der Waals surface area contributed by atoms with E-state index < -0.39 is 15.6 Å². The van der Waals surface area contributed by atoms with Crippen LogP contribution in [0.4, 0.5) is 11.5 Å². The maximum atomic E-state index is 12.4. The molecule has 0 amide bonds. The number of aliphatic imine (C=N–C) groups is 1. The third kappa shape index (κ3) is 4.37. The zero-order valence-electron chi connectivity index (χ0n) is 16.4. The number of hydrogen-bond acceptors (Lipinski definition) is 7. The van der Waals surface area contributed by atoms with Crippen LogP contribution in [0, 0.1) is 13.8 Å². The molecule has 2 heterocycles. The Balaban J connectivity index is 1.60. The molecular weight excluding hydrogens is 442 g/mol. The number of nitrogens with zero attached hydrogens (tertiary/aromatic N) is 2. The highest BCUT2D eigenvalue weighted by molar-refractivity contribution is 7.92. The van der Waals surface area contributed by atoms with Crippen LogP contribution in [-0.2, 0) is 10.0 Å². The fourth-order valence-electron chi connectivity index (χ4n) is 2.86. The number of aromatic nitrogens is 1. The van der Waals surface area contributed by atoms with E-state index in [0.29, 0.717) is 22.4 Å². The summed E-state index contributed by atoms with van der Waals surface area (Å²) in [6.45, 7) is 3.56. The Labute approximate surface area is 182 Å². The number of halogens is 1. The Bertz CT molecular complexity index is 1470. The first-order valence-electron chi connectivity index (χ1n) is 9.06. The average Bonchev–Trinajstić information content (AvgIpc) is 3.12. The lowest BCUT2D eigenvalue weighted by molar-refractivity contribution is 0.400. The van der Waals surface area contributed by atoms with Gasteiger partial charge in [0.05, 0.1) is 21.2 Å². The summed E-state index contributed by atoms with van der Waals surface area (Å²) in [5, 5.41) is 4.46. The maximum Gasteiger partial charge on any atom is 0.346 e. The highest BCUT2D eigenvalue weighted by Gasteiger charge is 2.16. The van der Waals surface area contributed by atoms with Gasteiger partial charge in [-0.1, -0.05) is 28.4 Å². The van der Waals surface area contributed by atoms with Crippen LogP contribution in [0.3, 0.4) is 0 Å². The Morgan fingerprint density at radius 3 is 2.52 bits per heavy atom. The lowest BCUT2D eigenvalue weighted by atomic mass is 10.1. The summed E-state index contributed by atoms with van der Waals surface area (Å²) in [5.74, 6) is 0.571. The Hall–Kier alpha value is -3.43. The number of benzene rings is 2. The van der Waals surface area contributed by atoms with E-state index in [1.54, 1.807) is 13.0 Å². The third-order valence-corrected chi connectivity index (χ3v) is 6.17. The molecule has 0 aliphatic carbocycles. The van der Waals surface area contributed by atoms with Crippen LogP contribution in [0.2, 0.25) is 5.02 Å². The molecule has 0 radical (unpaired) electrons. The van der Waals surface area contributed by atoms with Gasteiger partial charge in [-0.15, -0.1) is 0 Å². The molecule has 4 aromatic rings. The molecule has 10 heteroatoms. The van der Waals surface area contributed by atoms with Crippen LogP contribution in [-0.4, -0.2) is 19.8 Å². The summed E-state index contributed by atoms with van der Waals surface area (Å²) in [4.78, 5) is 16.5. The minimum absolute atomic E-state index is 0.0193. The molecule has 31 heavy (non-hydrogen) atoms. The van der Waals surface area contributed by atoms with Crippen molar-refractivity contribution in [1.82, 2.24) is 5.16 Å². The van der Waals surface area contributed by atoms with Crippen molar-refractivity contribution < 1.29 is 17.4 Å². The molecule has 8 nitrogen and oxygen atoms in total. The first-order valence-corrected chi connectivity index (χ1v) is 10.9. The number of rotatable bonds is 5. The Morgan fingerprint density at radius 2 is 1.84 bits per heavy atom. The molecule has 0 atom stereocenters. The van der Waals surface area contributed by atoms with Gasteiger partial charge in [0.25, 0.3) is 10.0 Å². The number of fused-ring (bicyclic) bond motifs is 1. The fraction of sp³-hybridized carbons (Fsp3) is 0.0952. The number of anilines is 1. The molecule has 0 saturated carbocycles. The zero-order valence-corrected chi connectivity index (χ0v) is 18.0. The fourth-order valence-corrected chi connectivity index (χ4v) is 4.12. The van der Waals surface area contributed by atoms with Gasteiger partial charge in [-0.2, -0.15) is 0 Å². The summed E-state index contributed by atoms with van der Waals surface area (Å²) in [6, 6.07) is 12.6. The minimum atomic E-state index is -3.84. The molecule has 0 bridgehead atoms. The summed E-state index contributed by atoms with van der Waals surface area (Å²) in [7, 11) is -3.84. The van der Waals surface area contributed by atoms with Crippen LogP contribution in [0.5, 0.6) is 0 Å². The van der Waals surface area contributed by atoms with E-state index in [0.717, 1.165) is 5.56 Å². The van der Waals surface area contributed by atoms with E-state index in [-0.39, 0.29) is 21.3 Å². The van der Waals surface area contributed by atoms with Gasteiger partial charge in [0, 0.05) is 17.7 Å². The van der Waals surface area contributed by atoms with Gasteiger partial charge in [0.1, 0.15) is 11.3 Å². The summed E-state index contributed by atoms with van der Waals surface area (Å²) < 4.78 is 37.4. The molecule has 2 aromatic carbocycles. The molecule has 158 valence electrons. The highest BCUT2D eigenvalue weighted by atomic mass is 35.5. The quantitative estimate of drug-likeness (QED) is 0.346. The van der Waals surface area contributed by atoms with E-state index in [2.05, 4.69) is 14.9 Å². The molecular formula is C21H16ClN3O5S. The molecule has 0 aliphatic heterocycles. The lowest BCUT2D eigenvalue weighted by Crippen LogP contribution is -2.12. The molecule has 0 fully saturated rings. The first-order chi connectivity index (χ1) is 14.7. The van der Waals surface area contributed by atoms with E-state index >= 15 is 0 Å². The van der Waals surface area contributed by atoms with Gasteiger partial charge in [-0.25, -0.2) is 13.2 Å². The van der Waals surface area contributed by atoms with Crippen molar-refractivity contribution in [3.8, 4) is 0 Å². The number of sulfonamides is 1. The predicted molar refractivity (Wildman–Crippen MR) is 118 cm³/mol. The van der Waals surface area contributed by atoms with Crippen LogP contribution in [0.25, 0.3) is 11.0 Å². The average molecular weight is 458 g/mol. The van der Waals surface area contributed by atoms with E-state index in [1.165, 1.54) is 36.5 Å². The standard InChI is InChI=1S/C21H16ClN3O5S/c1-12-3-8-18-16(9-12)20(22)17(21(26)29-18)11-23-14-4-6-15(7-5-14)31(27,28)25-19-10-13(2)30-24-19/h3-11H,1-2H3,(H,24,25). The van der Waals surface area contributed by atoms with Gasteiger partial charge in [-0.3, -0.25) is 9.71 Å². The molecule has 2 aromatic heterocycles. The number of aryl methyl sites for hydroxylation is 2. The van der Waals surface area contributed by atoms with Crippen molar-refractivity contribution in [2.75, 3.05) is 4.72 Å². The molecule has 4 rings (SSSR count). The summed E-state index contributed by atoms with van der Waals surface area (Å²) in [5.41, 5.74) is 1.28. The van der Waals surface area contributed by atoms with Gasteiger partial charge >= 0.3 is 5.63 Å². The Kier molecular flexibility index (Phi) is 5.38. The molecule has 0 aliphatic rings. The van der Waals surface area contributed by atoms with Gasteiger partial charge in [0.2, 0.25) is 0 Å². The second kappa shape index (κ2) is 8.01. The smallest absolute Gasteiger partial charge is 0.346 e. The van der Waals surface area contributed by atoms with Crippen molar-refractivity contribution in [2.45, 2.75) is 18.7 Å². The topological polar surface area (TPSA) is 115 Å². The van der Waals surface area contributed by atoms with Crippen LogP contribution in [0.1, 0.15) is 16.9 Å². The van der Waals surface area contributed by atoms with Crippen LogP contribution in [0.15, 0.2) is 72.2 Å². The van der Waals surface area contributed by atoms with Gasteiger partial charge < -0.3 is 8.94 Å². The zero-order chi connectivity index (χ0) is 22.2. The van der Waals surface area contributed by atoms with Crippen LogP contribution >= 0.6 is 11.6 Å². The van der Waals surface area contributed by atoms with Gasteiger partial charge in [0.15, 0.2) is 5.82 Å². The normalized spacial score (nSPS) is 12.0. The van der Waals surface area contributed by atoms with Crippen LogP contribution < -0.4 is 10.3 Å². The minimum Gasteiger partial charge on any atom is -0.422 e. The highest BCUT2D eigenvalue weighted by Crippen LogP contribution is 2.26. The van der Waals surface area contributed by atoms with Gasteiger partial charge in [-0.05, 0) is 50.2 Å². The summed E-state index contributed by atoms with van der Waals surface area (Å²) in [6.07, 6.45) is 1.30. The predicted octanol–water partition coefficient (Wildman–Crippen LogP) is 4.60. The number of hydrogen-bond donors (Lipinski definition) is 1. The van der Waals surface area contributed by atoms with E-state index in [9.17, 15) is 13.2 Å². The second-order valence-corrected chi connectivity index (χ2v) is 8.86. The van der Waals surface area contributed by atoms with Crippen molar-refractivity contribution in [2.24, 2.45) is 4.99 Å². The molecule has 0 saturated heterocycles. The molecule has 1 N–H and O–H groups in total. The second-order valence-electron chi connectivity index (χ2n) is 6.80. The van der Waals surface area contributed by atoms with Crippen molar-refractivity contribution >= 4 is 50.3 Å². The van der Waals surface area contributed by atoms with E-state index in [4.69, 9.17) is 20.5 Å². The SMILES string of the molecule is Cc1ccc2oc(=O)c(C=Nc3ccc(S(=O)(=O)Nc4cc(C)on4)cc3)c(Cl)c2c1. The van der Waals surface area contributed by atoms with Crippen molar-refractivity contribution in [3.05, 3.63) is 80.9 Å². The maximum absolute atomic E-state index is 12.4. The molecule has 0 unspecified atom stereocenters. The third-order valence-electron chi connectivity index (χ3n) is 4.39. The van der Waals surface area contributed by atoms with Crippen molar-refractivity contribution in [3.63, 3.8) is 0 Å². The molecule has 0 spiro atoms. The summed E-state index contributed by atoms with van der Waals surface area (Å²) >= 11 is 6.40. The Morgan fingerprint density at radius 1 is 1.10 bits per heavy atom. The first kappa shape index (κ1) is 20.8. The monoisotopic (exact) mass is 457 g/mol. The van der Waals surface area contributed by atoms with Crippen molar-refractivity contribution in [1.29, 1.82) is 0 Å². The number of nitrogens with one attached hydrogen (secondary N) is 1. The largest absolute Gasteiger partial charge is 0.422 e. The lowest BCUT2D eigenvalue weighted by Gasteiger charge is -2.05. The van der Waals surface area contributed by atoms with E-state index in [1.807, 2.05) is 19.1 Å².